The number of hydrogen-bond donors (Lipinski definition) is 0. The Bertz CT molecular complexity index is 241. The van der Waals surface area contributed by atoms with E-state index in [1.165, 1.54) is 0 Å². The average Bonchev–Trinajstić information content (AvgIpc) is 2.40. The minimum absolute atomic E-state index is 0. The van der Waals surface area contributed by atoms with Gasteiger partial charge in [0.2, 0.25) is 0 Å². The zero-order valence-corrected chi connectivity index (χ0v) is 105. The first-order valence-corrected chi connectivity index (χ1v) is 5.10. The molecule has 22 N–H and O–H groups in total. The molecule has 0 amide bonds. The Balaban J connectivity index is -0.00000000135. The van der Waals surface area contributed by atoms with Gasteiger partial charge in [0.05, 0.1) is 0 Å². The van der Waals surface area contributed by atoms with E-state index in [-0.39, 0.29) is 1170 Å². The smallest absolute Gasteiger partial charge is 0.870 e. The summed E-state index contributed by atoms with van der Waals surface area (Å²) in [5.74, 6) is 0. The van der Waals surface area contributed by atoms with Crippen molar-refractivity contribution in [2.24, 2.45) is 0 Å². The second-order valence-corrected chi connectivity index (χ2v) is 2.95. The molecule has 0 heterocycles. The van der Waals surface area contributed by atoms with Crippen molar-refractivity contribution in [1.82, 2.24) is 0 Å². The van der Waals surface area contributed by atoms with Gasteiger partial charge < -0.3 is 202 Å². The molecule has 0 aliphatic carbocycles. The van der Waals surface area contributed by atoms with Crippen LogP contribution >= 0.6 is 0 Å². The normalized spacial score (nSPS) is 3.83. The molecule has 0 rings (SSSR count). The van der Waals surface area contributed by atoms with Gasteiger partial charge in [-0.25, -0.2) is 0 Å². The Kier molecular flexibility index (Phi) is 1700. The monoisotopic (exact) mass is 1700 g/mol. The van der Waals surface area contributed by atoms with Crippen molar-refractivity contribution in [2.75, 3.05) is 0 Å². The van der Waals surface area contributed by atoms with E-state index >= 15 is 0 Å². The molecule has 38 nitrogen and oxygen atoms in total. The van der Waals surface area contributed by atoms with E-state index in [0.29, 0.717) is 0 Å². The maximum Gasteiger partial charge on any atom is 1.00 e. The van der Waals surface area contributed by atoms with Crippen LogP contribution in [0.25, 0.3) is 0 Å². The van der Waals surface area contributed by atoms with E-state index in [1.807, 2.05) is 0 Å². The van der Waals surface area contributed by atoms with Crippen LogP contribution in [0.3, 0.4) is 0 Å². The molecule has 360 valence electrons. The van der Waals surface area contributed by atoms with Gasteiger partial charge in [-0.1, -0.05) is 0 Å². The SMILES string of the molecule is [Fe].[Fe].[Fe].[Fe].[K+].[K+].[K+].[K+].[K+].[K+].[K+].[K+].[K+].[K+].[K+].[K+].[K+].[K+].[K+].[K+].[K+].[K+].[K+].[O-]C([O-])C([O-])[O-].[O-]C([O-])C([O-])[O-].[O-]C([O-])C([O-])[O-].[O-]C([O-])C([O-])[O-].[OH-].[OH-].[OH-].[OH-].[OH-].[OH-].[OH-].[OH-].[OH-].[OH-].[OH-].[OH-].[OH-].[OH-].[OH-].[OH-].[OH-].[OH-].[OH-].[OH-].[OH-].[OH-]. The number of rotatable bonds is 4. The van der Waals surface area contributed by atoms with Crippen molar-refractivity contribution in [3.05, 3.63) is 0 Å². The third kappa shape index (κ3) is 419. The first-order valence-electron chi connectivity index (χ1n) is 5.10. The van der Waals surface area contributed by atoms with Gasteiger partial charge in [0.25, 0.3) is 0 Å². The van der Waals surface area contributed by atoms with Crippen LogP contribution in [0, 0.1) is 0 Å². The molecule has 0 saturated carbocycles. The summed E-state index contributed by atoms with van der Waals surface area (Å²) in [4.78, 5) is 0. The quantitative estimate of drug-likeness (QED) is 0.186. The Morgan fingerprint density at radius 2 is 0.116 bits per heavy atom. The summed E-state index contributed by atoms with van der Waals surface area (Å²) >= 11 is 0. The zero-order valence-electron chi connectivity index (χ0n) is 41.4. The summed E-state index contributed by atoms with van der Waals surface area (Å²) in [5.41, 5.74) is 0. The molecular formula is C8H30Fe4K19O38-19. The van der Waals surface area contributed by atoms with Gasteiger partial charge in [-0.05, 0) is 0 Å². The van der Waals surface area contributed by atoms with Gasteiger partial charge in [-0.2, -0.15) is 0 Å². The van der Waals surface area contributed by atoms with Gasteiger partial charge in [0.15, 0.2) is 0 Å². The minimum atomic E-state index is -2.76. The van der Waals surface area contributed by atoms with E-state index in [4.69, 9.17) is 81.7 Å². The van der Waals surface area contributed by atoms with Gasteiger partial charge in [0.1, 0.15) is 0 Å². The molecule has 0 fully saturated rings. The van der Waals surface area contributed by atoms with Crippen LogP contribution in [0.2, 0.25) is 0 Å². The molecule has 0 atom stereocenters. The molecule has 0 bridgehead atoms. The fourth-order valence-electron chi connectivity index (χ4n) is 0. The largest absolute Gasteiger partial charge is 1.00 e. The third-order valence-corrected chi connectivity index (χ3v) is 0.889. The molecule has 0 radical (unpaired) electrons. The standard InChI is InChI=1S/4C2H2O4.4Fe.19K.22H2O/c4*3-1(4)2(5)6;;;;;;;;;;;;;;;;;;;;;;;;;;;;;;;;;;;;;;;;;;;;;/h4*1-2H;;;;;;;;;;;;;;;;;;;;;;;;22*1H2/q4*-4;;;;;19*+1;;;;;;;;;;;;;;;;;;;;;;/p-22. The fraction of sp³-hybridized carbons (Fsp3) is 1.00. The van der Waals surface area contributed by atoms with E-state index in [0.717, 1.165) is 0 Å². The summed E-state index contributed by atoms with van der Waals surface area (Å²) in [6, 6.07) is 0. The van der Waals surface area contributed by atoms with Crippen LogP contribution in [-0.4, -0.2) is 171 Å². The Labute approximate surface area is 1250 Å². The van der Waals surface area contributed by atoms with Crippen LogP contribution in [0.15, 0.2) is 0 Å². The average molecular weight is 1700 g/mol. The van der Waals surface area contributed by atoms with Crippen LogP contribution in [0.5, 0.6) is 0 Å². The number of hydrogen-bond acceptors (Lipinski definition) is 38. The predicted molar refractivity (Wildman–Crippen MR) is 72.9 cm³/mol. The molecule has 0 aliphatic heterocycles. The van der Waals surface area contributed by atoms with Gasteiger partial charge in [-0.15, -0.1) is 0 Å². The van der Waals surface area contributed by atoms with Gasteiger partial charge in [0, 0.05) is 68.3 Å². The van der Waals surface area contributed by atoms with Crippen LogP contribution in [0.1, 0.15) is 0 Å². The Morgan fingerprint density at radius 3 is 0.116 bits per heavy atom. The summed E-state index contributed by atoms with van der Waals surface area (Å²) < 4.78 is 0. The molecule has 0 saturated heterocycles. The van der Waals surface area contributed by atoms with E-state index in [1.54, 1.807) is 0 Å². The van der Waals surface area contributed by atoms with Crippen molar-refractivity contribution in [1.29, 1.82) is 0 Å². The van der Waals surface area contributed by atoms with E-state index in [9.17, 15) is 0 Å². The molecule has 0 aromatic carbocycles. The second-order valence-electron chi connectivity index (χ2n) is 2.95. The van der Waals surface area contributed by atoms with Gasteiger partial charge >= 0.3 is 976 Å². The van der Waals surface area contributed by atoms with Crippen molar-refractivity contribution in [3.63, 3.8) is 0 Å². The van der Waals surface area contributed by atoms with Crippen LogP contribution in [-0.2, 0) is 68.3 Å². The fourth-order valence-corrected chi connectivity index (χ4v) is 0. The van der Waals surface area contributed by atoms with Crippen molar-refractivity contribution < 1.29 is 1250 Å². The maximum atomic E-state index is 9.05. The molecule has 0 unspecified atom stereocenters. The van der Waals surface area contributed by atoms with Gasteiger partial charge in [-0.3, -0.25) is 50.3 Å². The molecule has 0 aliphatic rings. The Hall–Kier alpha value is 31.6. The molecule has 0 spiro atoms. The van der Waals surface area contributed by atoms with E-state index < -0.39 is 50.3 Å². The topological polar surface area (TPSA) is 1030 Å². The first kappa shape index (κ1) is 375. The first-order chi connectivity index (χ1) is 10.6. The molecule has 0 aromatic rings. The summed E-state index contributed by atoms with van der Waals surface area (Å²) in [6.45, 7) is 0. The Morgan fingerprint density at radius 1 is 0.101 bits per heavy atom. The third-order valence-electron chi connectivity index (χ3n) is 0.889. The summed E-state index contributed by atoms with van der Waals surface area (Å²) in [5, 5.41) is 145. The molecule has 0 aromatic heterocycles. The van der Waals surface area contributed by atoms with E-state index in [2.05, 4.69) is 0 Å². The summed E-state index contributed by atoms with van der Waals surface area (Å²) in [7, 11) is 0. The zero-order chi connectivity index (χ0) is 20.6. The van der Waals surface area contributed by atoms with Crippen LogP contribution < -0.4 is 1060 Å². The molecular weight excluding hydrogens is 1670 g/mol. The second kappa shape index (κ2) is 313. The van der Waals surface area contributed by atoms with Crippen molar-refractivity contribution >= 4 is 0 Å². The molecule has 69 heavy (non-hydrogen) atoms. The van der Waals surface area contributed by atoms with Crippen molar-refractivity contribution in [2.45, 2.75) is 50.3 Å². The summed E-state index contributed by atoms with van der Waals surface area (Å²) in [6.07, 6.45) is -22.1. The maximum absolute atomic E-state index is 9.05. The molecule has 61 heteroatoms. The van der Waals surface area contributed by atoms with Crippen LogP contribution in [0.4, 0.5) is 0 Å². The minimum Gasteiger partial charge on any atom is -0.870 e. The predicted octanol–water partition coefficient (Wildman–Crippen LogP) is -80.5. The van der Waals surface area contributed by atoms with Crippen molar-refractivity contribution in [3.8, 4) is 0 Å².